The Kier molecular flexibility index (Phi) is 2.54. The minimum absolute atomic E-state index is 0.433. The minimum Gasteiger partial charge on any atom is -0.389 e. The van der Waals surface area contributed by atoms with Crippen molar-refractivity contribution in [2.24, 2.45) is 5.73 Å². The molecule has 1 aromatic heterocycles. The van der Waals surface area contributed by atoms with Crippen molar-refractivity contribution in [3.63, 3.8) is 0 Å². The molecule has 58 valence electrons. The fourth-order valence-electron chi connectivity index (χ4n) is 0.825. The molecule has 0 bridgehead atoms. The molecule has 2 nitrogen and oxygen atoms in total. The third-order valence-corrected chi connectivity index (χ3v) is 1.70. The lowest BCUT2D eigenvalue weighted by Crippen LogP contribution is -2.09. The van der Waals surface area contributed by atoms with Gasteiger partial charge in [0.2, 0.25) is 0 Å². The van der Waals surface area contributed by atoms with Gasteiger partial charge in [0, 0.05) is 17.5 Å². The molecule has 1 aromatic rings. The summed E-state index contributed by atoms with van der Waals surface area (Å²) in [5.74, 6) is 0. The van der Waals surface area contributed by atoms with E-state index in [-0.39, 0.29) is 0 Å². The van der Waals surface area contributed by atoms with Crippen LogP contribution in [0.2, 0.25) is 0 Å². The molecule has 11 heavy (non-hydrogen) atoms. The standard InChI is InChI=1S/C8H10N2S/c1-2-7-5-6(8(9)11)3-4-10-7/h3-5H,2H2,1H3,(H2,9,11)/i8+1,11+1. The summed E-state index contributed by atoms with van der Waals surface area (Å²) >= 11 is 4.82. The number of nitrogens with zero attached hydrogens (tertiary/aromatic N) is 1. The summed E-state index contributed by atoms with van der Waals surface area (Å²) in [4.78, 5) is 4.56. The Bertz CT molecular complexity index is 271. The SMILES string of the molecule is CCc1cc([13C](N)=[33S])ccn1. The van der Waals surface area contributed by atoms with Crippen LogP contribution in [0.15, 0.2) is 18.3 Å². The third-order valence-electron chi connectivity index (χ3n) is 1.46. The molecule has 1 rings (SSSR count). The first-order valence-corrected chi connectivity index (χ1v) is 3.89. The van der Waals surface area contributed by atoms with E-state index in [2.05, 4.69) is 4.98 Å². The number of aryl methyl sites for hydroxylation is 1. The second kappa shape index (κ2) is 3.44. The Morgan fingerprint density at radius 3 is 3.00 bits per heavy atom. The van der Waals surface area contributed by atoms with Crippen LogP contribution in [0.3, 0.4) is 0 Å². The lowest BCUT2D eigenvalue weighted by molar-refractivity contribution is 1.03. The highest BCUT2D eigenvalue weighted by Gasteiger charge is 1.96. The number of hydrogen-bond donors (Lipinski definition) is 1. The summed E-state index contributed by atoms with van der Waals surface area (Å²) in [6.07, 6.45) is 2.64. The van der Waals surface area contributed by atoms with E-state index in [1.807, 2.05) is 19.1 Å². The largest absolute Gasteiger partial charge is 0.389 e. The summed E-state index contributed by atoms with van der Waals surface area (Å²) < 4.78 is 0. The van der Waals surface area contributed by atoms with E-state index in [1.54, 1.807) is 6.20 Å². The van der Waals surface area contributed by atoms with Gasteiger partial charge in [0.05, 0.1) is 0 Å². The van der Waals surface area contributed by atoms with E-state index in [1.165, 1.54) is 0 Å². The lowest BCUT2D eigenvalue weighted by atomic mass is 10.2. The van der Waals surface area contributed by atoms with Gasteiger partial charge in [0.15, 0.2) is 0 Å². The third kappa shape index (κ3) is 1.98. The first kappa shape index (κ1) is 8.14. The van der Waals surface area contributed by atoms with Gasteiger partial charge in [0.1, 0.15) is 4.99 Å². The maximum absolute atomic E-state index is 5.44. The Labute approximate surface area is 71.4 Å². The van der Waals surface area contributed by atoms with Crippen molar-refractivity contribution < 1.29 is 0 Å². The molecule has 0 fully saturated rings. The maximum atomic E-state index is 5.44. The average molecular weight is 168 g/mol. The van der Waals surface area contributed by atoms with Crippen LogP contribution in [0.4, 0.5) is 0 Å². The van der Waals surface area contributed by atoms with E-state index in [0.29, 0.717) is 4.99 Å². The maximum Gasteiger partial charge on any atom is 0.104 e. The molecule has 0 aromatic carbocycles. The number of aromatic nitrogens is 1. The molecule has 1 heterocycles. The van der Waals surface area contributed by atoms with Crippen LogP contribution in [0.1, 0.15) is 18.2 Å². The highest BCUT2D eigenvalue weighted by Crippen LogP contribution is 2.01. The van der Waals surface area contributed by atoms with Crippen LogP contribution < -0.4 is 5.73 Å². The zero-order valence-corrected chi connectivity index (χ0v) is 7.19. The van der Waals surface area contributed by atoms with Gasteiger partial charge in [-0.3, -0.25) is 4.98 Å². The predicted molar refractivity (Wildman–Crippen MR) is 49.5 cm³/mol. The van der Waals surface area contributed by atoms with Crippen molar-refractivity contribution in [3.8, 4) is 0 Å². The first-order chi connectivity index (χ1) is 5.24. The van der Waals surface area contributed by atoms with Crippen LogP contribution in [0, 0.1) is 0 Å². The average Bonchev–Trinajstić information content (AvgIpc) is 2.05. The Morgan fingerprint density at radius 2 is 2.45 bits per heavy atom. The molecule has 0 atom stereocenters. The van der Waals surface area contributed by atoms with Crippen molar-refractivity contribution in [1.29, 1.82) is 0 Å². The van der Waals surface area contributed by atoms with Gasteiger partial charge in [-0.2, -0.15) is 0 Å². The van der Waals surface area contributed by atoms with E-state index in [4.69, 9.17) is 18.0 Å². The summed E-state index contributed by atoms with van der Waals surface area (Å²) in [6.45, 7) is 2.05. The van der Waals surface area contributed by atoms with Crippen molar-refractivity contribution in [2.75, 3.05) is 0 Å². The molecule has 0 aliphatic heterocycles. The van der Waals surface area contributed by atoms with E-state index in [9.17, 15) is 0 Å². The molecule has 0 aliphatic rings. The van der Waals surface area contributed by atoms with Crippen LogP contribution >= 0.6 is 12.2 Å². The van der Waals surface area contributed by atoms with Gasteiger partial charge in [-0.25, -0.2) is 0 Å². The Morgan fingerprint density at radius 1 is 1.73 bits per heavy atom. The topological polar surface area (TPSA) is 38.9 Å². The minimum atomic E-state index is 0.433. The first-order valence-electron chi connectivity index (χ1n) is 3.48. The van der Waals surface area contributed by atoms with Gasteiger partial charge in [-0.05, 0) is 18.6 Å². The van der Waals surface area contributed by atoms with E-state index < -0.39 is 0 Å². The van der Waals surface area contributed by atoms with Gasteiger partial charge in [-0.1, -0.05) is 19.1 Å². The molecule has 0 radical (unpaired) electrons. The summed E-state index contributed by atoms with van der Waals surface area (Å²) in [6, 6.07) is 3.74. The van der Waals surface area contributed by atoms with Crippen molar-refractivity contribution in [2.45, 2.75) is 13.3 Å². The molecule has 0 amide bonds. The molecule has 0 saturated carbocycles. The molecule has 0 aliphatic carbocycles. The smallest absolute Gasteiger partial charge is 0.104 e. The molecule has 0 spiro atoms. The zero-order valence-electron chi connectivity index (χ0n) is 6.37. The van der Waals surface area contributed by atoms with E-state index in [0.717, 1.165) is 17.7 Å². The van der Waals surface area contributed by atoms with Crippen molar-refractivity contribution >= 4 is 17.2 Å². The monoisotopic (exact) mass is 168 g/mol. The lowest BCUT2D eigenvalue weighted by Gasteiger charge is -1.99. The number of nitrogens with two attached hydrogens (primary N) is 1. The number of rotatable bonds is 2. The number of pyridine rings is 1. The quantitative estimate of drug-likeness (QED) is 0.534. The summed E-state index contributed by atoms with van der Waals surface area (Å²) in [5, 5.41) is 0. The Balaban J connectivity index is 3.01. The van der Waals surface area contributed by atoms with Crippen molar-refractivity contribution in [1.82, 2.24) is 4.98 Å². The van der Waals surface area contributed by atoms with Gasteiger partial charge in [-0.15, -0.1) is 0 Å². The number of thiocarbonyl (C=S) groups is 1. The van der Waals surface area contributed by atoms with Gasteiger partial charge >= 0.3 is 0 Å². The van der Waals surface area contributed by atoms with Crippen LogP contribution in [0.25, 0.3) is 0 Å². The summed E-state index contributed by atoms with van der Waals surface area (Å²) in [5.41, 5.74) is 7.36. The Hall–Kier alpha value is -0.960. The molecular weight excluding hydrogens is 158 g/mol. The molecule has 2 N–H and O–H groups in total. The predicted octanol–water partition coefficient (Wildman–Crippen LogP) is 1.28. The van der Waals surface area contributed by atoms with Gasteiger partial charge in [0.25, 0.3) is 0 Å². The normalized spacial score (nSPS) is 9.55. The molecule has 3 heteroatoms. The molecular formula is C8H10N2S. The zero-order chi connectivity index (χ0) is 8.27. The number of hydrogen-bond acceptors (Lipinski definition) is 2. The van der Waals surface area contributed by atoms with Gasteiger partial charge < -0.3 is 5.73 Å². The van der Waals surface area contributed by atoms with Crippen LogP contribution in [-0.4, -0.2) is 9.97 Å². The van der Waals surface area contributed by atoms with Crippen molar-refractivity contribution in [3.05, 3.63) is 29.6 Å². The van der Waals surface area contributed by atoms with Crippen LogP contribution in [-0.2, 0) is 6.42 Å². The molecule has 0 saturated heterocycles. The van der Waals surface area contributed by atoms with Crippen LogP contribution in [0.5, 0.6) is 0 Å². The van der Waals surface area contributed by atoms with E-state index >= 15 is 0 Å². The highest BCUT2D eigenvalue weighted by molar-refractivity contribution is 7.80. The second-order valence-corrected chi connectivity index (χ2v) is 2.69. The molecule has 0 unspecified atom stereocenters. The highest BCUT2D eigenvalue weighted by atomic mass is 33.0. The summed E-state index contributed by atoms with van der Waals surface area (Å²) in [7, 11) is 0. The fourth-order valence-corrected chi connectivity index (χ4v) is 0.952. The second-order valence-electron chi connectivity index (χ2n) is 2.25. The fraction of sp³-hybridized carbons (Fsp3) is 0.250.